The van der Waals surface area contributed by atoms with Crippen LogP contribution in [0.1, 0.15) is 37.6 Å². The van der Waals surface area contributed by atoms with Gasteiger partial charge in [-0.05, 0) is 36.9 Å². The fourth-order valence-electron chi connectivity index (χ4n) is 3.90. The maximum absolute atomic E-state index is 11.1. The van der Waals surface area contributed by atoms with Gasteiger partial charge in [-0.2, -0.15) is 9.97 Å². The molecule has 13 heteroatoms. The molecular weight excluding hydrogens is 473 g/mol. The number of aromatic nitrogens is 4. The van der Waals surface area contributed by atoms with Crippen molar-refractivity contribution < 1.29 is 29.3 Å². The number of benzene rings is 1. The van der Waals surface area contributed by atoms with E-state index in [9.17, 15) is 14.8 Å². The van der Waals surface area contributed by atoms with Crippen molar-refractivity contribution in [3.63, 3.8) is 0 Å². The topological polar surface area (TPSA) is 163 Å². The molecule has 1 aliphatic heterocycles. The summed E-state index contributed by atoms with van der Waals surface area (Å²) >= 11 is 6.16. The molecule has 0 aliphatic carbocycles. The van der Waals surface area contributed by atoms with Crippen LogP contribution in [0, 0.1) is 0 Å². The molecule has 3 aromatic rings. The normalized spacial score (nSPS) is 24.3. The maximum atomic E-state index is 11.1. The Bertz CT molecular complexity index is 1160. The van der Waals surface area contributed by atoms with E-state index in [0.717, 1.165) is 5.56 Å². The molecule has 1 aliphatic rings. The van der Waals surface area contributed by atoms with Crippen molar-refractivity contribution in [1.82, 2.24) is 19.5 Å². The second-order valence-corrected chi connectivity index (χ2v) is 10.1. The third-order valence-corrected chi connectivity index (χ3v) is 6.66. The first-order valence-electron chi connectivity index (χ1n) is 10.4. The number of aliphatic hydroxyl groups excluding tert-OH is 2. The minimum absolute atomic E-state index is 0.0294. The second kappa shape index (κ2) is 9.63. The third kappa shape index (κ3) is 5.36. The van der Waals surface area contributed by atoms with E-state index in [1.165, 1.54) is 10.9 Å². The molecule has 5 N–H and O–H groups in total. The van der Waals surface area contributed by atoms with E-state index in [0.29, 0.717) is 17.0 Å². The predicted molar refractivity (Wildman–Crippen MR) is 121 cm³/mol. The summed E-state index contributed by atoms with van der Waals surface area (Å²) in [5.41, 5.74) is 1.76. The van der Waals surface area contributed by atoms with Crippen molar-refractivity contribution in [1.29, 1.82) is 0 Å². The summed E-state index contributed by atoms with van der Waals surface area (Å²) in [5, 5.41) is 24.2. The monoisotopic (exact) mass is 497 g/mol. The van der Waals surface area contributed by atoms with Gasteiger partial charge in [-0.3, -0.25) is 9.13 Å². The molecule has 0 saturated carbocycles. The van der Waals surface area contributed by atoms with Crippen molar-refractivity contribution in [2.24, 2.45) is 0 Å². The van der Waals surface area contributed by atoms with Gasteiger partial charge in [0.25, 0.3) is 0 Å². The smallest absolute Gasteiger partial charge is 0.325 e. The first-order valence-corrected chi connectivity index (χ1v) is 12.6. The Morgan fingerprint density at radius 3 is 2.64 bits per heavy atom. The third-order valence-electron chi connectivity index (χ3n) is 5.60. The zero-order valence-corrected chi connectivity index (χ0v) is 19.3. The van der Waals surface area contributed by atoms with Gasteiger partial charge in [0, 0.05) is 6.16 Å². The number of hydrogen-bond acceptors (Lipinski definition) is 8. The van der Waals surface area contributed by atoms with Crippen molar-refractivity contribution in [3.8, 4) is 0 Å². The lowest BCUT2D eigenvalue weighted by Gasteiger charge is -2.18. The molecule has 2 aromatic heterocycles. The van der Waals surface area contributed by atoms with Crippen molar-refractivity contribution in [3.05, 3.63) is 47.5 Å². The van der Waals surface area contributed by atoms with Crippen LogP contribution in [-0.4, -0.2) is 64.0 Å². The Morgan fingerprint density at radius 1 is 1.21 bits per heavy atom. The van der Waals surface area contributed by atoms with Crippen LogP contribution in [0.15, 0.2) is 36.7 Å². The molecule has 1 unspecified atom stereocenters. The first kappa shape index (κ1) is 24.0. The predicted octanol–water partition coefficient (Wildman–Crippen LogP) is 2.23. The molecule has 33 heavy (non-hydrogen) atoms. The fourth-order valence-corrected chi connectivity index (χ4v) is 4.66. The molecule has 1 fully saturated rings. The molecule has 4 rings (SSSR count). The summed E-state index contributed by atoms with van der Waals surface area (Å²) in [7, 11) is -4.15. The molecule has 1 aromatic carbocycles. The summed E-state index contributed by atoms with van der Waals surface area (Å²) in [6.07, 6.45) is -2.94. The van der Waals surface area contributed by atoms with E-state index in [1.54, 1.807) is 0 Å². The highest BCUT2D eigenvalue weighted by Gasteiger charge is 2.44. The molecule has 0 radical (unpaired) electrons. The van der Waals surface area contributed by atoms with Crippen molar-refractivity contribution >= 4 is 36.2 Å². The van der Waals surface area contributed by atoms with E-state index in [4.69, 9.17) is 26.1 Å². The SMILES string of the molecule is C[C@H](Nc1nc(Cl)nc2c1ncn2[C@@H]1O[C@H](CCCP(=O)(O)O)C(O)[C@@H]1O)c1ccccc1. The van der Waals surface area contributed by atoms with E-state index >= 15 is 0 Å². The number of rotatable bonds is 8. The molecule has 178 valence electrons. The number of ether oxygens (including phenoxy) is 1. The minimum atomic E-state index is -4.15. The maximum Gasteiger partial charge on any atom is 0.325 e. The van der Waals surface area contributed by atoms with Crippen LogP contribution in [0.3, 0.4) is 0 Å². The number of nitrogens with one attached hydrogen (secondary N) is 1. The average molecular weight is 498 g/mol. The Balaban J connectivity index is 1.57. The van der Waals surface area contributed by atoms with Gasteiger partial charge in [0.1, 0.15) is 12.2 Å². The standard InChI is InChI=1S/C20H25ClN5O6P/c1-11(12-6-3-2-4-7-12)23-17-14-18(25-20(21)24-17)26(10-22-14)19-16(28)15(27)13(32-19)8-5-9-33(29,30)31/h2-4,6-7,10-11,13,15-16,19,27-28H,5,8-9H2,1H3,(H,23,24,25)(H2,29,30,31)/t11-,13+,15?,16-,19+/m0/s1. The molecule has 1 saturated heterocycles. The van der Waals surface area contributed by atoms with Gasteiger partial charge in [-0.15, -0.1) is 0 Å². The lowest BCUT2D eigenvalue weighted by atomic mass is 10.1. The largest absolute Gasteiger partial charge is 0.388 e. The van der Waals surface area contributed by atoms with Gasteiger partial charge in [-0.25, -0.2) is 4.98 Å². The zero-order valence-electron chi connectivity index (χ0n) is 17.7. The van der Waals surface area contributed by atoms with Gasteiger partial charge in [0.2, 0.25) is 5.28 Å². The molecule has 0 spiro atoms. The first-order chi connectivity index (χ1) is 15.6. The number of imidazole rings is 1. The van der Waals surface area contributed by atoms with Gasteiger partial charge in [0.15, 0.2) is 23.2 Å². The van der Waals surface area contributed by atoms with Gasteiger partial charge >= 0.3 is 7.60 Å². The minimum Gasteiger partial charge on any atom is -0.388 e. The van der Waals surface area contributed by atoms with E-state index in [-0.39, 0.29) is 30.3 Å². The van der Waals surface area contributed by atoms with Crippen LogP contribution in [0.25, 0.3) is 11.2 Å². The second-order valence-electron chi connectivity index (χ2n) is 8.02. The van der Waals surface area contributed by atoms with Crippen LogP contribution in [-0.2, 0) is 9.30 Å². The van der Waals surface area contributed by atoms with Crippen LogP contribution < -0.4 is 5.32 Å². The quantitative estimate of drug-likeness (QED) is 0.230. The van der Waals surface area contributed by atoms with Crippen LogP contribution in [0.5, 0.6) is 0 Å². The molecular formula is C20H25ClN5O6P. The number of fused-ring (bicyclic) bond motifs is 1. The highest BCUT2D eigenvalue weighted by atomic mass is 35.5. The van der Waals surface area contributed by atoms with Crippen LogP contribution >= 0.6 is 19.2 Å². The highest BCUT2D eigenvalue weighted by molar-refractivity contribution is 7.51. The van der Waals surface area contributed by atoms with Crippen molar-refractivity contribution in [2.45, 2.75) is 50.3 Å². The molecule has 0 amide bonds. The summed E-state index contributed by atoms with van der Waals surface area (Å²) in [4.78, 5) is 30.9. The molecule has 11 nitrogen and oxygen atoms in total. The fraction of sp³-hybridized carbons (Fsp3) is 0.450. The van der Waals surface area contributed by atoms with Gasteiger partial charge in [0.05, 0.1) is 18.5 Å². The Labute approximate surface area is 194 Å². The number of aliphatic hydroxyl groups is 2. The molecule has 0 bridgehead atoms. The van der Waals surface area contributed by atoms with E-state index < -0.39 is 32.1 Å². The number of hydrogen-bond donors (Lipinski definition) is 5. The van der Waals surface area contributed by atoms with Crippen LogP contribution in [0.4, 0.5) is 5.82 Å². The number of anilines is 1. The van der Waals surface area contributed by atoms with Crippen LogP contribution in [0.2, 0.25) is 5.28 Å². The Kier molecular flexibility index (Phi) is 7.01. The highest BCUT2D eigenvalue weighted by Crippen LogP contribution is 2.38. The van der Waals surface area contributed by atoms with Crippen molar-refractivity contribution in [2.75, 3.05) is 11.5 Å². The molecule has 5 atom stereocenters. The average Bonchev–Trinajstić information content (AvgIpc) is 3.29. The van der Waals surface area contributed by atoms with E-state index in [1.807, 2.05) is 37.3 Å². The summed E-state index contributed by atoms with van der Waals surface area (Å²) in [6, 6.07) is 9.66. The number of halogens is 1. The lowest BCUT2D eigenvalue weighted by Crippen LogP contribution is -2.31. The zero-order chi connectivity index (χ0) is 23.8. The molecule has 3 heterocycles. The Hall–Kier alpha value is -2.11. The van der Waals surface area contributed by atoms with E-state index in [2.05, 4.69) is 20.3 Å². The number of nitrogens with zero attached hydrogens (tertiary/aromatic N) is 4. The Morgan fingerprint density at radius 2 is 1.94 bits per heavy atom. The summed E-state index contributed by atoms with van der Waals surface area (Å²) in [6.45, 7) is 1.97. The lowest BCUT2D eigenvalue weighted by molar-refractivity contribution is -0.0370. The van der Waals surface area contributed by atoms with Gasteiger partial charge < -0.3 is 30.1 Å². The summed E-state index contributed by atoms with van der Waals surface area (Å²) < 4.78 is 18.4. The summed E-state index contributed by atoms with van der Waals surface area (Å²) in [5.74, 6) is 0.409. The van der Waals surface area contributed by atoms with Gasteiger partial charge in [-0.1, -0.05) is 30.3 Å².